The van der Waals surface area contributed by atoms with Gasteiger partial charge in [0.2, 0.25) is 0 Å². The van der Waals surface area contributed by atoms with Crippen LogP contribution in [0.5, 0.6) is 0 Å². The minimum Gasteiger partial charge on any atom is -0.303 e. The quantitative estimate of drug-likeness (QED) is 0.618. The molecule has 0 radical (unpaired) electrons. The third-order valence-electron chi connectivity index (χ3n) is 3.40. The third-order valence-corrected chi connectivity index (χ3v) is 3.65. The molecule has 0 amide bonds. The number of nitrogens with zero attached hydrogens (tertiary/aromatic N) is 2. The van der Waals surface area contributed by atoms with Crippen LogP contribution >= 0.6 is 11.6 Å². The lowest BCUT2D eigenvalue weighted by atomic mass is 9.91. The van der Waals surface area contributed by atoms with Gasteiger partial charge in [0.25, 0.3) is 0 Å². The van der Waals surface area contributed by atoms with Gasteiger partial charge in [0.05, 0.1) is 5.69 Å². The molecule has 3 aromatic rings. The maximum Gasteiger partial charge on any atom is 0.137 e. The average Bonchev–Trinajstić information content (AvgIpc) is 2.81. The van der Waals surface area contributed by atoms with Crippen molar-refractivity contribution in [1.29, 1.82) is 0 Å². The number of fused-ring (bicyclic) bond motifs is 1. The molecule has 0 bridgehead atoms. The van der Waals surface area contributed by atoms with Gasteiger partial charge in [-0.25, -0.2) is 4.98 Å². The van der Waals surface area contributed by atoms with E-state index in [4.69, 9.17) is 16.6 Å². The minimum absolute atomic E-state index is 0.0808. The molecular weight excluding hydrogens is 268 g/mol. The number of hydrogen-bond donors (Lipinski definition) is 0. The van der Waals surface area contributed by atoms with Gasteiger partial charge in [-0.15, -0.1) is 0 Å². The van der Waals surface area contributed by atoms with E-state index in [1.165, 1.54) is 5.69 Å². The maximum absolute atomic E-state index is 5.94. The van der Waals surface area contributed by atoms with Crippen molar-refractivity contribution in [2.24, 2.45) is 0 Å². The second-order valence-electron chi connectivity index (χ2n) is 6.02. The molecule has 0 fully saturated rings. The van der Waals surface area contributed by atoms with Gasteiger partial charge in [0.15, 0.2) is 0 Å². The lowest BCUT2D eigenvalue weighted by Gasteiger charge is -2.20. The summed E-state index contributed by atoms with van der Waals surface area (Å²) in [7, 11) is 0. The SMILES string of the molecule is CC(C)(C)c1cccc2nc(-c3ccc(Cl)cc3)cn12. The van der Waals surface area contributed by atoms with Crippen LogP contribution in [0.4, 0.5) is 0 Å². The first-order valence-corrected chi connectivity index (χ1v) is 7.07. The zero-order chi connectivity index (χ0) is 14.3. The van der Waals surface area contributed by atoms with Crippen LogP contribution in [0.2, 0.25) is 5.02 Å². The minimum atomic E-state index is 0.0808. The molecule has 3 heteroatoms. The Bertz CT molecular complexity index is 749. The first-order valence-electron chi connectivity index (χ1n) is 6.70. The van der Waals surface area contributed by atoms with Crippen molar-refractivity contribution < 1.29 is 0 Å². The fraction of sp³-hybridized carbons (Fsp3) is 0.235. The first-order chi connectivity index (χ1) is 9.45. The molecule has 0 unspecified atom stereocenters. The molecule has 0 aliphatic heterocycles. The van der Waals surface area contributed by atoms with Crippen molar-refractivity contribution in [1.82, 2.24) is 9.38 Å². The Kier molecular flexibility index (Phi) is 3.06. The van der Waals surface area contributed by atoms with Crippen LogP contribution in [0.1, 0.15) is 26.5 Å². The number of pyridine rings is 1. The van der Waals surface area contributed by atoms with Gasteiger partial charge in [0, 0.05) is 27.9 Å². The van der Waals surface area contributed by atoms with Gasteiger partial charge in [-0.05, 0) is 24.3 Å². The summed E-state index contributed by atoms with van der Waals surface area (Å²) in [4.78, 5) is 4.71. The Morgan fingerprint density at radius 3 is 2.35 bits per heavy atom. The molecule has 2 nitrogen and oxygen atoms in total. The van der Waals surface area contributed by atoms with Gasteiger partial charge in [-0.1, -0.05) is 50.6 Å². The van der Waals surface area contributed by atoms with E-state index in [1.54, 1.807) is 0 Å². The fourth-order valence-electron chi connectivity index (χ4n) is 2.38. The van der Waals surface area contributed by atoms with Crippen LogP contribution in [0.15, 0.2) is 48.7 Å². The highest BCUT2D eigenvalue weighted by atomic mass is 35.5. The van der Waals surface area contributed by atoms with Crippen molar-refractivity contribution in [2.45, 2.75) is 26.2 Å². The normalized spacial score (nSPS) is 12.0. The largest absolute Gasteiger partial charge is 0.303 e. The average molecular weight is 285 g/mol. The summed E-state index contributed by atoms with van der Waals surface area (Å²) < 4.78 is 2.17. The summed E-state index contributed by atoms with van der Waals surface area (Å²) >= 11 is 5.94. The Balaban J connectivity index is 2.18. The molecule has 0 saturated heterocycles. The number of aromatic nitrogens is 2. The van der Waals surface area contributed by atoms with E-state index < -0.39 is 0 Å². The van der Waals surface area contributed by atoms with Crippen LogP contribution in [0.25, 0.3) is 16.9 Å². The summed E-state index contributed by atoms with van der Waals surface area (Å²) in [6.45, 7) is 6.64. The van der Waals surface area contributed by atoms with Gasteiger partial charge < -0.3 is 4.40 Å². The molecular formula is C17H17ClN2. The molecule has 20 heavy (non-hydrogen) atoms. The second kappa shape index (κ2) is 4.64. The first kappa shape index (κ1) is 13.2. The molecule has 0 saturated carbocycles. The van der Waals surface area contributed by atoms with Crippen LogP contribution in [0.3, 0.4) is 0 Å². The predicted octanol–water partition coefficient (Wildman–Crippen LogP) is 4.95. The molecule has 0 N–H and O–H groups in total. The molecule has 2 aromatic heterocycles. The van der Waals surface area contributed by atoms with Crippen molar-refractivity contribution in [3.05, 3.63) is 59.4 Å². The highest BCUT2D eigenvalue weighted by Gasteiger charge is 2.18. The monoisotopic (exact) mass is 284 g/mol. The zero-order valence-corrected chi connectivity index (χ0v) is 12.6. The Morgan fingerprint density at radius 1 is 1.00 bits per heavy atom. The molecule has 0 aliphatic rings. The molecule has 102 valence electrons. The zero-order valence-electron chi connectivity index (χ0n) is 11.9. The Hall–Kier alpha value is -1.80. The topological polar surface area (TPSA) is 17.3 Å². The fourth-order valence-corrected chi connectivity index (χ4v) is 2.51. The Labute approximate surface area is 124 Å². The summed E-state index contributed by atoms with van der Waals surface area (Å²) in [6, 6.07) is 14.0. The number of imidazole rings is 1. The summed E-state index contributed by atoms with van der Waals surface area (Å²) in [5.41, 5.74) is 4.36. The highest BCUT2D eigenvalue weighted by molar-refractivity contribution is 6.30. The molecule has 1 aromatic carbocycles. The van der Waals surface area contributed by atoms with E-state index in [0.29, 0.717) is 0 Å². The van der Waals surface area contributed by atoms with Gasteiger partial charge in [0.1, 0.15) is 5.65 Å². The van der Waals surface area contributed by atoms with Crippen molar-refractivity contribution in [3.8, 4) is 11.3 Å². The van der Waals surface area contributed by atoms with E-state index in [2.05, 4.69) is 43.5 Å². The van der Waals surface area contributed by atoms with Crippen molar-refractivity contribution in [3.63, 3.8) is 0 Å². The second-order valence-corrected chi connectivity index (χ2v) is 6.46. The smallest absolute Gasteiger partial charge is 0.137 e. The van der Waals surface area contributed by atoms with E-state index in [0.717, 1.165) is 21.9 Å². The van der Waals surface area contributed by atoms with Crippen molar-refractivity contribution in [2.75, 3.05) is 0 Å². The summed E-state index contributed by atoms with van der Waals surface area (Å²) in [5.74, 6) is 0. The lowest BCUT2D eigenvalue weighted by molar-refractivity contribution is 0.561. The van der Waals surface area contributed by atoms with Crippen LogP contribution < -0.4 is 0 Å². The lowest BCUT2D eigenvalue weighted by Crippen LogP contribution is -2.15. The van der Waals surface area contributed by atoms with Crippen LogP contribution in [0, 0.1) is 0 Å². The molecule has 0 atom stereocenters. The molecule has 0 aliphatic carbocycles. The van der Waals surface area contributed by atoms with E-state index in [-0.39, 0.29) is 5.41 Å². The van der Waals surface area contributed by atoms with Gasteiger partial charge >= 0.3 is 0 Å². The number of rotatable bonds is 1. The molecule has 2 heterocycles. The van der Waals surface area contributed by atoms with Crippen molar-refractivity contribution >= 4 is 17.2 Å². The molecule has 0 spiro atoms. The van der Waals surface area contributed by atoms with E-state index in [1.807, 2.05) is 30.3 Å². The predicted molar refractivity (Wildman–Crippen MR) is 84.3 cm³/mol. The highest BCUT2D eigenvalue weighted by Crippen LogP contribution is 2.26. The van der Waals surface area contributed by atoms with Crippen LogP contribution in [-0.2, 0) is 5.41 Å². The summed E-state index contributed by atoms with van der Waals surface area (Å²) in [5, 5.41) is 0.743. The number of halogens is 1. The van der Waals surface area contributed by atoms with Gasteiger partial charge in [-0.2, -0.15) is 0 Å². The number of hydrogen-bond acceptors (Lipinski definition) is 1. The standard InChI is InChI=1S/C17H17ClN2/c1-17(2,3)15-5-4-6-16-19-14(11-20(15)16)12-7-9-13(18)10-8-12/h4-11H,1-3H3. The summed E-state index contributed by atoms with van der Waals surface area (Å²) in [6.07, 6.45) is 2.10. The van der Waals surface area contributed by atoms with Gasteiger partial charge in [-0.3, -0.25) is 0 Å². The third kappa shape index (κ3) is 2.32. The van der Waals surface area contributed by atoms with Crippen LogP contribution in [-0.4, -0.2) is 9.38 Å². The Morgan fingerprint density at radius 2 is 1.70 bits per heavy atom. The maximum atomic E-state index is 5.94. The molecule has 3 rings (SSSR count). The van der Waals surface area contributed by atoms with E-state index >= 15 is 0 Å². The van der Waals surface area contributed by atoms with E-state index in [9.17, 15) is 0 Å². The number of benzene rings is 1.